The molecular weight excluding hydrogens is 268 g/mol. The molecule has 1 aromatic rings. The standard InChI is InChI=1S/C14H21F2NO3/c1-10-6-12(19-2)13(20-3)7-11(10)8-17(4-5-18)9-14(15)16/h6-7,14,18H,4-5,8-9H2,1-3H3. The number of aryl methyl sites for hydroxylation is 1. The highest BCUT2D eigenvalue weighted by Gasteiger charge is 2.15. The van der Waals surface area contributed by atoms with Gasteiger partial charge in [-0.3, -0.25) is 4.90 Å². The fourth-order valence-corrected chi connectivity index (χ4v) is 2.01. The summed E-state index contributed by atoms with van der Waals surface area (Å²) < 4.78 is 35.4. The Bertz CT molecular complexity index is 427. The maximum absolute atomic E-state index is 12.5. The van der Waals surface area contributed by atoms with Gasteiger partial charge in [0.2, 0.25) is 0 Å². The number of aliphatic hydroxyl groups is 1. The molecule has 1 aromatic carbocycles. The number of ether oxygens (including phenoxy) is 2. The topological polar surface area (TPSA) is 41.9 Å². The molecule has 114 valence electrons. The van der Waals surface area contributed by atoms with Crippen molar-refractivity contribution in [3.63, 3.8) is 0 Å². The fraction of sp³-hybridized carbons (Fsp3) is 0.571. The minimum Gasteiger partial charge on any atom is -0.493 e. The normalized spacial score (nSPS) is 11.2. The highest BCUT2D eigenvalue weighted by Crippen LogP contribution is 2.30. The average Bonchev–Trinajstić information content (AvgIpc) is 2.40. The van der Waals surface area contributed by atoms with E-state index in [0.717, 1.165) is 11.1 Å². The molecule has 0 spiro atoms. The Balaban J connectivity index is 2.93. The molecular formula is C14H21F2NO3. The van der Waals surface area contributed by atoms with Crippen LogP contribution in [0.2, 0.25) is 0 Å². The van der Waals surface area contributed by atoms with E-state index in [1.54, 1.807) is 13.2 Å². The minimum absolute atomic E-state index is 0.154. The summed E-state index contributed by atoms with van der Waals surface area (Å²) in [5.74, 6) is 1.17. The molecule has 1 N–H and O–H groups in total. The molecule has 0 heterocycles. The zero-order chi connectivity index (χ0) is 15.1. The second-order valence-corrected chi connectivity index (χ2v) is 4.48. The summed E-state index contributed by atoms with van der Waals surface area (Å²) in [6.07, 6.45) is -2.43. The fourth-order valence-electron chi connectivity index (χ4n) is 2.01. The van der Waals surface area contributed by atoms with Crippen LogP contribution in [-0.4, -0.2) is 50.3 Å². The van der Waals surface area contributed by atoms with E-state index in [1.165, 1.54) is 12.0 Å². The summed E-state index contributed by atoms with van der Waals surface area (Å²) in [6, 6.07) is 3.59. The first-order valence-electron chi connectivity index (χ1n) is 6.34. The van der Waals surface area contributed by atoms with Crippen LogP contribution in [0.5, 0.6) is 11.5 Å². The lowest BCUT2D eigenvalue weighted by Crippen LogP contribution is -2.31. The maximum atomic E-state index is 12.5. The third-order valence-electron chi connectivity index (χ3n) is 3.05. The zero-order valence-corrected chi connectivity index (χ0v) is 12.0. The minimum atomic E-state index is -2.43. The van der Waals surface area contributed by atoms with Crippen molar-refractivity contribution in [2.24, 2.45) is 0 Å². The van der Waals surface area contributed by atoms with E-state index in [2.05, 4.69) is 0 Å². The Morgan fingerprint density at radius 1 is 1.20 bits per heavy atom. The lowest BCUT2D eigenvalue weighted by Gasteiger charge is -2.22. The largest absolute Gasteiger partial charge is 0.493 e. The smallest absolute Gasteiger partial charge is 0.251 e. The molecule has 0 bridgehead atoms. The van der Waals surface area contributed by atoms with Gasteiger partial charge in [0, 0.05) is 13.1 Å². The molecule has 0 aromatic heterocycles. The van der Waals surface area contributed by atoms with Gasteiger partial charge >= 0.3 is 0 Å². The predicted molar refractivity (Wildman–Crippen MR) is 72.6 cm³/mol. The molecule has 0 saturated heterocycles. The van der Waals surface area contributed by atoms with Gasteiger partial charge in [0.25, 0.3) is 6.43 Å². The number of alkyl halides is 2. The van der Waals surface area contributed by atoms with Crippen molar-refractivity contribution in [1.29, 1.82) is 0 Å². The van der Waals surface area contributed by atoms with Crippen molar-refractivity contribution >= 4 is 0 Å². The molecule has 6 heteroatoms. The number of hydrogen-bond donors (Lipinski definition) is 1. The molecule has 0 atom stereocenters. The van der Waals surface area contributed by atoms with Gasteiger partial charge in [-0.15, -0.1) is 0 Å². The van der Waals surface area contributed by atoms with Crippen molar-refractivity contribution in [2.75, 3.05) is 33.9 Å². The third-order valence-corrected chi connectivity index (χ3v) is 3.05. The lowest BCUT2D eigenvalue weighted by atomic mass is 10.1. The molecule has 0 unspecified atom stereocenters. The predicted octanol–water partition coefficient (Wildman–Crippen LogP) is 2.07. The van der Waals surface area contributed by atoms with Crippen molar-refractivity contribution in [1.82, 2.24) is 4.90 Å². The first-order chi connectivity index (χ1) is 9.51. The SMILES string of the molecule is COc1cc(C)c(CN(CCO)CC(F)F)cc1OC. The highest BCUT2D eigenvalue weighted by molar-refractivity contribution is 5.47. The van der Waals surface area contributed by atoms with Crippen LogP contribution in [0.3, 0.4) is 0 Å². The van der Waals surface area contributed by atoms with E-state index in [9.17, 15) is 8.78 Å². The van der Waals surface area contributed by atoms with Gasteiger partial charge in [0.1, 0.15) is 0 Å². The molecule has 1 rings (SSSR count). The lowest BCUT2D eigenvalue weighted by molar-refractivity contribution is 0.0745. The molecule has 0 aliphatic rings. The number of rotatable bonds is 8. The summed E-state index contributed by atoms with van der Waals surface area (Å²) in [6.45, 7) is 1.90. The number of aliphatic hydroxyl groups excluding tert-OH is 1. The molecule has 20 heavy (non-hydrogen) atoms. The van der Waals surface area contributed by atoms with E-state index in [-0.39, 0.29) is 19.7 Å². The summed E-state index contributed by atoms with van der Waals surface area (Å²) >= 11 is 0. The monoisotopic (exact) mass is 289 g/mol. The molecule has 0 fully saturated rings. The molecule has 0 radical (unpaired) electrons. The Morgan fingerprint density at radius 3 is 2.30 bits per heavy atom. The summed E-state index contributed by atoms with van der Waals surface area (Å²) in [5.41, 5.74) is 1.80. The number of nitrogens with zero attached hydrogens (tertiary/aromatic N) is 1. The number of halogens is 2. The first kappa shape index (κ1) is 16.7. The third kappa shape index (κ3) is 4.61. The first-order valence-corrected chi connectivity index (χ1v) is 6.34. The average molecular weight is 289 g/mol. The molecule has 0 amide bonds. The van der Waals surface area contributed by atoms with Gasteiger partial charge in [0.15, 0.2) is 11.5 Å². The van der Waals surface area contributed by atoms with Gasteiger partial charge in [-0.25, -0.2) is 8.78 Å². The van der Waals surface area contributed by atoms with Gasteiger partial charge in [-0.1, -0.05) is 0 Å². The molecule has 0 saturated carbocycles. The quantitative estimate of drug-likeness (QED) is 0.795. The van der Waals surface area contributed by atoms with Crippen molar-refractivity contribution in [3.8, 4) is 11.5 Å². The van der Waals surface area contributed by atoms with Crippen LogP contribution in [0.1, 0.15) is 11.1 Å². The summed E-state index contributed by atoms with van der Waals surface area (Å²) in [7, 11) is 3.08. The van der Waals surface area contributed by atoms with Crippen LogP contribution >= 0.6 is 0 Å². The molecule has 0 aliphatic carbocycles. The zero-order valence-electron chi connectivity index (χ0n) is 12.0. The van der Waals surface area contributed by atoms with Crippen LogP contribution in [0.4, 0.5) is 8.78 Å². The number of hydrogen-bond acceptors (Lipinski definition) is 4. The van der Waals surface area contributed by atoms with Crippen molar-refractivity contribution < 1.29 is 23.4 Å². The molecule has 4 nitrogen and oxygen atoms in total. The van der Waals surface area contributed by atoms with Crippen LogP contribution in [0, 0.1) is 6.92 Å². The van der Waals surface area contributed by atoms with Gasteiger partial charge in [-0.2, -0.15) is 0 Å². The number of methoxy groups -OCH3 is 2. The van der Waals surface area contributed by atoms with Crippen molar-refractivity contribution in [3.05, 3.63) is 23.3 Å². The summed E-state index contributed by atoms with van der Waals surface area (Å²) in [5, 5.41) is 8.95. The van der Waals surface area contributed by atoms with Gasteiger partial charge in [0.05, 0.1) is 27.4 Å². The van der Waals surface area contributed by atoms with E-state index in [0.29, 0.717) is 18.0 Å². The molecule has 0 aliphatic heterocycles. The van der Waals surface area contributed by atoms with Gasteiger partial charge in [-0.05, 0) is 30.2 Å². The van der Waals surface area contributed by atoms with E-state index < -0.39 is 6.43 Å². The summed E-state index contributed by atoms with van der Waals surface area (Å²) in [4.78, 5) is 1.51. The second kappa shape index (κ2) is 8.01. The van der Waals surface area contributed by atoms with Crippen LogP contribution in [0.25, 0.3) is 0 Å². The maximum Gasteiger partial charge on any atom is 0.251 e. The highest BCUT2D eigenvalue weighted by atomic mass is 19.3. The van der Waals surface area contributed by atoms with E-state index in [1.807, 2.05) is 13.0 Å². The number of benzene rings is 1. The second-order valence-electron chi connectivity index (χ2n) is 4.48. The van der Waals surface area contributed by atoms with E-state index >= 15 is 0 Å². The Morgan fingerprint density at radius 2 is 1.80 bits per heavy atom. The van der Waals surface area contributed by atoms with Crippen LogP contribution in [-0.2, 0) is 6.54 Å². The Hall–Kier alpha value is -1.40. The van der Waals surface area contributed by atoms with Gasteiger partial charge < -0.3 is 14.6 Å². The van der Waals surface area contributed by atoms with Crippen LogP contribution in [0.15, 0.2) is 12.1 Å². The van der Waals surface area contributed by atoms with E-state index in [4.69, 9.17) is 14.6 Å². The van der Waals surface area contributed by atoms with Crippen molar-refractivity contribution in [2.45, 2.75) is 19.9 Å². The Kier molecular flexibility index (Phi) is 6.67. The van der Waals surface area contributed by atoms with Crippen LogP contribution < -0.4 is 9.47 Å². The Labute approximate surface area is 117 Å².